The normalized spacial score (nSPS) is 22.0. The minimum atomic E-state index is 0.131. The average Bonchev–Trinajstić information content (AvgIpc) is 3.17. The van der Waals surface area contributed by atoms with E-state index >= 15 is 0 Å². The van der Waals surface area contributed by atoms with Gasteiger partial charge >= 0.3 is 0 Å². The van der Waals surface area contributed by atoms with Crippen molar-refractivity contribution in [2.75, 3.05) is 0 Å². The Kier molecular flexibility index (Phi) is 3.74. The van der Waals surface area contributed by atoms with Gasteiger partial charge in [0.05, 0.1) is 0 Å². The quantitative estimate of drug-likeness (QED) is 0.599. The maximum atomic E-state index is 2.33. The molecule has 0 radical (unpaired) electrons. The van der Waals surface area contributed by atoms with Gasteiger partial charge in [0.25, 0.3) is 0 Å². The summed E-state index contributed by atoms with van der Waals surface area (Å²) in [6.45, 7) is 13.4. The van der Waals surface area contributed by atoms with Crippen molar-refractivity contribution in [1.82, 2.24) is 9.13 Å². The molecule has 0 aliphatic heterocycles. The summed E-state index contributed by atoms with van der Waals surface area (Å²) in [4.78, 5) is 0. The number of rotatable bonds is 2. The van der Waals surface area contributed by atoms with Crippen molar-refractivity contribution in [3.8, 4) is 0 Å². The Hall–Kier alpha value is -1.84. The van der Waals surface area contributed by atoms with Crippen LogP contribution in [-0.2, 0) is 11.1 Å². The summed E-state index contributed by atoms with van der Waals surface area (Å²) in [6, 6.07) is 0.878. The largest absolute Gasteiger partial charge is 0.244 e. The van der Waals surface area contributed by atoms with Crippen molar-refractivity contribution < 1.29 is 9.13 Å². The summed E-state index contributed by atoms with van der Waals surface area (Å²) in [5, 5.41) is 0. The van der Waals surface area contributed by atoms with Crippen LogP contribution in [-0.4, -0.2) is 9.13 Å². The highest BCUT2D eigenvalue weighted by Crippen LogP contribution is 2.24. The van der Waals surface area contributed by atoms with Crippen molar-refractivity contribution in [2.45, 2.75) is 71.1 Å². The zero-order valence-electron chi connectivity index (χ0n) is 15.3. The highest BCUT2D eigenvalue weighted by Gasteiger charge is 2.30. The van der Waals surface area contributed by atoms with Crippen molar-refractivity contribution in [3.63, 3.8) is 0 Å². The summed E-state index contributed by atoms with van der Waals surface area (Å²) in [6.07, 6.45) is 18.9. The third-order valence-corrected chi connectivity index (χ3v) is 4.67. The van der Waals surface area contributed by atoms with Gasteiger partial charge in [-0.1, -0.05) is 0 Å². The zero-order chi connectivity index (χ0) is 16.8. The van der Waals surface area contributed by atoms with Crippen LogP contribution in [0.2, 0.25) is 0 Å². The summed E-state index contributed by atoms with van der Waals surface area (Å²) >= 11 is 0. The van der Waals surface area contributed by atoms with Crippen LogP contribution in [0.25, 0.3) is 0 Å². The van der Waals surface area contributed by atoms with Gasteiger partial charge in [0, 0.05) is 6.42 Å². The Morgan fingerprint density at radius 1 is 0.739 bits per heavy atom. The van der Waals surface area contributed by atoms with E-state index in [9.17, 15) is 0 Å². The van der Waals surface area contributed by atoms with E-state index in [1.807, 2.05) is 0 Å². The molecule has 0 amide bonds. The van der Waals surface area contributed by atoms with Gasteiger partial charge in [-0.25, -0.2) is 18.3 Å². The summed E-state index contributed by atoms with van der Waals surface area (Å²) in [5.74, 6) is 0. The molecule has 3 rings (SSSR count). The van der Waals surface area contributed by atoms with Gasteiger partial charge in [0.2, 0.25) is 12.7 Å². The second-order valence-corrected chi connectivity index (χ2v) is 8.63. The van der Waals surface area contributed by atoms with Crippen molar-refractivity contribution in [2.24, 2.45) is 0 Å². The maximum absolute atomic E-state index is 2.33. The third-order valence-electron chi connectivity index (χ3n) is 4.67. The number of hydrogen-bond donors (Lipinski definition) is 0. The first kappa shape index (κ1) is 16.0. The van der Waals surface area contributed by atoms with Gasteiger partial charge in [0.15, 0.2) is 0 Å². The first-order valence-electron chi connectivity index (χ1n) is 8.51. The minimum Gasteiger partial charge on any atom is -0.232 e. The molecule has 4 heteroatoms. The van der Waals surface area contributed by atoms with Gasteiger partial charge in [0.1, 0.15) is 47.9 Å². The first-order chi connectivity index (χ1) is 10.6. The van der Waals surface area contributed by atoms with Crippen LogP contribution in [0.4, 0.5) is 0 Å². The monoisotopic (exact) mass is 314 g/mol. The predicted molar refractivity (Wildman–Crippen MR) is 91.1 cm³/mol. The van der Waals surface area contributed by atoms with Gasteiger partial charge in [-0.3, -0.25) is 0 Å². The standard InChI is InChI=1S/C19H30N4/c1-18(2,3)22-11-9-20(14-22)16-7-8-17(13-16)21-10-12-23(15-21)19(4,5)6/h7-12,14-17H,13H2,1-6H3/q+2/t16-,17-/m1/s1. The molecule has 1 aliphatic rings. The molecule has 0 fully saturated rings. The molecule has 0 unspecified atom stereocenters. The molecule has 0 N–H and O–H groups in total. The second-order valence-electron chi connectivity index (χ2n) is 8.63. The van der Waals surface area contributed by atoms with Crippen LogP contribution in [0.1, 0.15) is 60.0 Å². The Morgan fingerprint density at radius 3 is 1.43 bits per heavy atom. The van der Waals surface area contributed by atoms with Crippen LogP contribution < -0.4 is 9.13 Å². The lowest BCUT2D eigenvalue weighted by atomic mass is 10.1. The fourth-order valence-electron chi connectivity index (χ4n) is 3.03. The third kappa shape index (κ3) is 3.26. The Bertz CT molecular complexity index is 646. The lowest BCUT2D eigenvalue weighted by Gasteiger charge is -2.14. The van der Waals surface area contributed by atoms with Crippen LogP contribution in [0.15, 0.2) is 49.6 Å². The molecule has 1 aliphatic carbocycles. The van der Waals surface area contributed by atoms with Crippen molar-refractivity contribution in [3.05, 3.63) is 49.6 Å². The highest BCUT2D eigenvalue weighted by molar-refractivity contribution is 4.99. The van der Waals surface area contributed by atoms with E-state index in [0.717, 1.165) is 6.42 Å². The molecule has 0 aromatic carbocycles. The first-order valence-corrected chi connectivity index (χ1v) is 8.51. The number of imidazole rings is 2. The van der Waals surface area contributed by atoms with E-state index < -0.39 is 0 Å². The second kappa shape index (κ2) is 5.36. The molecule has 124 valence electrons. The number of aromatic nitrogens is 4. The number of hydrogen-bond acceptors (Lipinski definition) is 0. The average molecular weight is 314 g/mol. The highest BCUT2D eigenvalue weighted by atomic mass is 15.2. The predicted octanol–water partition coefficient (Wildman–Crippen LogP) is 3.12. The molecule has 2 aromatic rings. The van der Waals surface area contributed by atoms with Crippen LogP contribution in [0.3, 0.4) is 0 Å². The molecule has 2 atom stereocenters. The van der Waals surface area contributed by atoms with Crippen molar-refractivity contribution in [1.29, 1.82) is 0 Å². The van der Waals surface area contributed by atoms with E-state index in [2.05, 4.69) is 109 Å². The lowest BCUT2D eigenvalue weighted by molar-refractivity contribution is -0.739. The minimum absolute atomic E-state index is 0.131. The molecular weight excluding hydrogens is 284 g/mol. The van der Waals surface area contributed by atoms with Gasteiger partial charge in [-0.15, -0.1) is 0 Å². The SMILES string of the molecule is CC(C)(C)n1cc[n+]([C@@H]2C=C[C@@H]([n+]3ccn(C(C)(C)C)c3)C2)c1. The summed E-state index contributed by atoms with van der Waals surface area (Å²) in [5.41, 5.74) is 0.261. The summed E-state index contributed by atoms with van der Waals surface area (Å²) < 4.78 is 9.20. The van der Waals surface area contributed by atoms with Gasteiger partial charge in [-0.05, 0) is 53.7 Å². The fraction of sp³-hybridized carbons (Fsp3) is 0.579. The number of nitrogens with zero attached hydrogens (tertiary/aromatic N) is 4. The van der Waals surface area contributed by atoms with Crippen LogP contribution >= 0.6 is 0 Å². The molecule has 23 heavy (non-hydrogen) atoms. The Labute approximate surface area is 139 Å². The zero-order valence-corrected chi connectivity index (χ0v) is 15.3. The van der Waals surface area contributed by atoms with E-state index in [4.69, 9.17) is 0 Å². The molecule has 4 nitrogen and oxygen atoms in total. The molecule has 0 saturated heterocycles. The molecule has 0 bridgehead atoms. The van der Waals surface area contributed by atoms with E-state index in [-0.39, 0.29) is 11.1 Å². The van der Waals surface area contributed by atoms with Gasteiger partial charge in [-0.2, -0.15) is 0 Å². The van der Waals surface area contributed by atoms with E-state index in [1.54, 1.807) is 0 Å². The molecule has 2 heterocycles. The molecule has 0 saturated carbocycles. The Balaban J connectivity index is 1.73. The molecular formula is C19H30N4+2. The van der Waals surface area contributed by atoms with E-state index in [0.29, 0.717) is 12.1 Å². The number of allylic oxidation sites excluding steroid dienone is 2. The van der Waals surface area contributed by atoms with Crippen molar-refractivity contribution >= 4 is 0 Å². The van der Waals surface area contributed by atoms with Crippen LogP contribution in [0.5, 0.6) is 0 Å². The van der Waals surface area contributed by atoms with Gasteiger partial charge < -0.3 is 0 Å². The lowest BCUT2D eigenvalue weighted by Crippen LogP contribution is -2.41. The fourth-order valence-corrected chi connectivity index (χ4v) is 3.03. The smallest absolute Gasteiger partial charge is 0.232 e. The van der Waals surface area contributed by atoms with Crippen LogP contribution in [0, 0.1) is 0 Å². The molecule has 2 aromatic heterocycles. The molecule has 0 spiro atoms. The topological polar surface area (TPSA) is 17.6 Å². The maximum Gasteiger partial charge on any atom is 0.244 e. The summed E-state index contributed by atoms with van der Waals surface area (Å²) in [7, 11) is 0. The van der Waals surface area contributed by atoms with E-state index in [1.165, 1.54) is 0 Å². The Morgan fingerprint density at radius 2 is 1.13 bits per heavy atom.